The molecule has 0 aliphatic carbocycles. The van der Waals surface area contributed by atoms with E-state index in [1.807, 2.05) is 94.4 Å². The first-order valence-electron chi connectivity index (χ1n) is 33.8. The number of benzene rings is 3. The second-order valence-corrected chi connectivity index (χ2v) is 25.8. The van der Waals surface area contributed by atoms with E-state index in [0.29, 0.717) is 41.3 Å². The molecule has 30 nitrogen and oxygen atoms in total. The number of hydrogen-bond donors (Lipinski definition) is 19. The zero-order valence-corrected chi connectivity index (χ0v) is 57.1. The SMILES string of the molecule is CC(C)C[C@H](NC(=O)[C@H](Cc1c[nH]c2ccccc12)NC(=O)CN)C(=O)N[C@@H](CCCCN)C(=O)N[C@@H](CCCN=C(N)N)C(=O)N[C@@H](Cc1c[nH]c2ccccc12)C(=O)N[C@@H](CCCCN)C(=O)N[C@H](C(=O)N[C@@H](CC(C)C)C(=O)N[C@@H](Cc1c[nH]c2ccccc12)C(N)=O)[C@@H](C)O. The van der Waals surface area contributed by atoms with Gasteiger partial charge in [-0.2, -0.15) is 0 Å². The molecule has 30 heteroatoms. The summed E-state index contributed by atoms with van der Waals surface area (Å²) in [6, 6.07) is 9.80. The molecule has 10 atom stereocenters. The average Bonchev–Trinajstić information content (AvgIpc) is 1.72. The summed E-state index contributed by atoms with van der Waals surface area (Å²) in [5.74, 6) is -8.60. The summed E-state index contributed by atoms with van der Waals surface area (Å²) in [6.07, 6.45) is 5.07. The van der Waals surface area contributed by atoms with Crippen molar-refractivity contribution >= 4 is 97.7 Å². The quantitative estimate of drug-likeness (QED) is 0.0133. The first-order valence-corrected chi connectivity index (χ1v) is 33.8. The highest BCUT2D eigenvalue weighted by Gasteiger charge is 2.37. The highest BCUT2D eigenvalue weighted by atomic mass is 16.3. The minimum absolute atomic E-state index is 0.0143. The van der Waals surface area contributed by atoms with Gasteiger partial charge in [0.1, 0.15) is 54.4 Å². The molecule has 6 rings (SSSR count). The molecule has 99 heavy (non-hydrogen) atoms. The molecule has 25 N–H and O–H groups in total. The van der Waals surface area contributed by atoms with Gasteiger partial charge in [0.05, 0.1) is 12.6 Å². The van der Waals surface area contributed by atoms with Crippen LogP contribution >= 0.6 is 0 Å². The largest absolute Gasteiger partial charge is 0.391 e. The number of aliphatic hydroxyl groups is 1. The summed E-state index contributed by atoms with van der Waals surface area (Å²) in [7, 11) is 0. The molecular formula is C69H101N19O11. The molecule has 0 saturated carbocycles. The van der Waals surface area contributed by atoms with E-state index in [1.165, 1.54) is 6.92 Å². The Labute approximate surface area is 575 Å². The number of H-pyrrole nitrogens is 3. The summed E-state index contributed by atoms with van der Waals surface area (Å²) in [5.41, 5.74) is 38.9. The standard InChI is InChI=1S/C69H101N19O11/c1-38(2)29-54(85-66(97)56(80-58(90)34-72)32-42-36-78-48-21-10-7-18-45(42)48)64(95)82-50(23-12-14-26-70)61(92)81-52(25-16-28-76-69(74)75)62(93)86-57(33-43-37-79-49-22-11-8-19-46(43)49)67(98)83-51(24-13-15-27-71)63(94)88-59(40(5)89)68(99)87-55(30-39(3)4)65(96)84-53(60(73)91)31-41-35-77-47-20-9-6-17-44(41)47/h6-11,17-22,35-40,50-57,59,77-79,89H,12-16,23-34,70-72H2,1-5H3,(H2,73,91)(H,80,90)(H,81,92)(H,82,95)(H,83,98)(H,84,96)(H,85,97)(H,86,93)(H,87,99)(H,88,94)(H4,74,75,76)/t40-,50+,51+,52+,53+,54+,55+,56+,57+,59+/m1/s1. The third kappa shape index (κ3) is 24.0. The molecule has 0 aliphatic heterocycles. The van der Waals surface area contributed by atoms with E-state index in [0.717, 1.165) is 27.4 Å². The van der Waals surface area contributed by atoms with Gasteiger partial charge in [-0.05, 0) is 131 Å². The van der Waals surface area contributed by atoms with E-state index < -0.39 is 126 Å². The van der Waals surface area contributed by atoms with Crippen LogP contribution in [0.3, 0.4) is 0 Å². The number of unbranched alkanes of at least 4 members (excludes halogenated alkanes) is 2. The molecule has 3 aromatic carbocycles. The molecule has 3 aromatic heterocycles. The number of nitrogens with two attached hydrogens (primary N) is 6. The van der Waals surface area contributed by atoms with Gasteiger partial charge < -0.3 is 102 Å². The highest BCUT2D eigenvalue weighted by Crippen LogP contribution is 2.23. The number of primary amides is 1. The van der Waals surface area contributed by atoms with Gasteiger partial charge in [0.25, 0.3) is 0 Å². The lowest BCUT2D eigenvalue weighted by Crippen LogP contribution is -2.62. The molecule has 3 heterocycles. The van der Waals surface area contributed by atoms with Gasteiger partial charge in [0.15, 0.2) is 5.96 Å². The summed E-state index contributed by atoms with van der Waals surface area (Å²) in [6.45, 7) is 8.62. The minimum Gasteiger partial charge on any atom is -0.391 e. The lowest BCUT2D eigenvalue weighted by molar-refractivity contribution is -0.137. The summed E-state index contributed by atoms with van der Waals surface area (Å²) in [5, 5.41) is 38.1. The average molecular weight is 1370 g/mol. The fourth-order valence-electron chi connectivity index (χ4n) is 11.7. The maximum Gasteiger partial charge on any atom is 0.245 e. The van der Waals surface area contributed by atoms with Crippen molar-refractivity contribution in [3.8, 4) is 0 Å². The number of guanidine groups is 1. The Morgan fingerprint density at radius 3 is 1.13 bits per heavy atom. The number of fused-ring (bicyclic) bond motifs is 3. The van der Waals surface area contributed by atoms with Crippen LogP contribution in [0.15, 0.2) is 96.4 Å². The normalized spacial score (nSPS) is 14.5. The van der Waals surface area contributed by atoms with E-state index in [9.17, 15) is 43.5 Å². The zero-order valence-electron chi connectivity index (χ0n) is 57.1. The maximum atomic E-state index is 15.1. The zero-order chi connectivity index (χ0) is 72.3. The molecule has 0 fully saturated rings. The molecule has 0 saturated heterocycles. The van der Waals surface area contributed by atoms with Crippen molar-refractivity contribution in [1.29, 1.82) is 0 Å². The lowest BCUT2D eigenvalue weighted by Gasteiger charge is -2.29. The predicted molar refractivity (Wildman–Crippen MR) is 378 cm³/mol. The van der Waals surface area contributed by atoms with E-state index in [1.54, 1.807) is 24.7 Å². The maximum absolute atomic E-state index is 15.1. The van der Waals surface area contributed by atoms with Gasteiger partial charge in [0.2, 0.25) is 59.1 Å². The Morgan fingerprint density at radius 2 is 0.747 bits per heavy atom. The summed E-state index contributed by atoms with van der Waals surface area (Å²) >= 11 is 0. The molecule has 538 valence electrons. The number of aromatic nitrogens is 3. The van der Waals surface area contributed by atoms with Crippen molar-refractivity contribution in [3.63, 3.8) is 0 Å². The van der Waals surface area contributed by atoms with Crippen LogP contribution in [0.1, 0.15) is 116 Å². The molecule has 0 radical (unpaired) electrons. The number of nitrogens with zero attached hydrogens (tertiary/aromatic N) is 1. The van der Waals surface area contributed by atoms with Crippen LogP contribution in [0.5, 0.6) is 0 Å². The number of para-hydroxylation sites is 3. The molecular weight excluding hydrogens is 1270 g/mol. The number of aromatic amines is 3. The van der Waals surface area contributed by atoms with Crippen LogP contribution in [-0.2, 0) is 67.2 Å². The van der Waals surface area contributed by atoms with Gasteiger partial charge in [-0.15, -0.1) is 0 Å². The minimum atomic E-state index is -1.70. The van der Waals surface area contributed by atoms with Crippen LogP contribution in [0.2, 0.25) is 0 Å². The van der Waals surface area contributed by atoms with E-state index in [4.69, 9.17) is 34.4 Å². The van der Waals surface area contributed by atoms with Crippen LogP contribution in [0, 0.1) is 11.8 Å². The molecule has 10 amide bonds. The second kappa shape index (κ2) is 38.9. The fourth-order valence-corrected chi connectivity index (χ4v) is 11.7. The van der Waals surface area contributed by atoms with E-state index in [2.05, 4.69) is 67.8 Å². The molecule has 0 bridgehead atoms. The number of aliphatic imine (C=N–C) groups is 1. The van der Waals surface area contributed by atoms with Crippen LogP contribution in [0.25, 0.3) is 32.7 Å². The van der Waals surface area contributed by atoms with Crippen LogP contribution < -0.4 is 82.3 Å². The third-order valence-electron chi connectivity index (χ3n) is 16.9. The number of nitrogens with one attached hydrogen (secondary N) is 12. The van der Waals surface area contributed by atoms with Crippen LogP contribution in [0.4, 0.5) is 0 Å². The monoisotopic (exact) mass is 1370 g/mol. The van der Waals surface area contributed by atoms with E-state index >= 15 is 9.59 Å². The number of aliphatic hydroxyl groups excluding tert-OH is 1. The number of carbonyl (C=O) groups is 10. The molecule has 0 spiro atoms. The Kier molecular flexibility index (Phi) is 30.7. The lowest BCUT2D eigenvalue weighted by atomic mass is 9.99. The fraction of sp³-hybridized carbons (Fsp3) is 0.493. The molecule has 0 unspecified atom stereocenters. The van der Waals surface area contributed by atoms with Crippen molar-refractivity contribution in [2.24, 2.45) is 51.2 Å². The topological polar surface area (TPSA) is 515 Å². The molecule has 6 aromatic rings. The van der Waals surface area contributed by atoms with Crippen molar-refractivity contribution in [2.45, 2.75) is 179 Å². The first-order chi connectivity index (χ1) is 47.3. The second-order valence-electron chi connectivity index (χ2n) is 25.8. The number of carbonyl (C=O) groups excluding carboxylic acids is 10. The number of hydrogen-bond acceptors (Lipinski definition) is 15. The molecule has 0 aliphatic rings. The Morgan fingerprint density at radius 1 is 0.414 bits per heavy atom. The summed E-state index contributed by atoms with van der Waals surface area (Å²) in [4.78, 5) is 156. The van der Waals surface area contributed by atoms with Gasteiger partial charge in [-0.1, -0.05) is 82.3 Å². The predicted octanol–water partition coefficient (Wildman–Crippen LogP) is -0.250. The first kappa shape index (κ1) is 78.1. The van der Waals surface area contributed by atoms with Gasteiger partial charge in [0, 0.05) is 77.1 Å². The van der Waals surface area contributed by atoms with Crippen LogP contribution in [-0.4, -0.2) is 172 Å². The van der Waals surface area contributed by atoms with Crippen molar-refractivity contribution in [3.05, 3.63) is 108 Å². The highest BCUT2D eigenvalue weighted by molar-refractivity contribution is 6.00. The number of amides is 10. The van der Waals surface area contributed by atoms with Crippen molar-refractivity contribution < 1.29 is 53.1 Å². The van der Waals surface area contributed by atoms with E-state index in [-0.39, 0.29) is 102 Å². The Bertz CT molecular complexity index is 3730. The smallest absolute Gasteiger partial charge is 0.245 e. The Balaban J connectivity index is 1.25. The van der Waals surface area contributed by atoms with Crippen molar-refractivity contribution in [2.75, 3.05) is 26.2 Å². The third-order valence-corrected chi connectivity index (χ3v) is 16.9. The van der Waals surface area contributed by atoms with Gasteiger partial charge in [-0.25, -0.2) is 0 Å². The van der Waals surface area contributed by atoms with Gasteiger partial charge >= 0.3 is 0 Å². The van der Waals surface area contributed by atoms with Crippen molar-refractivity contribution in [1.82, 2.24) is 62.8 Å². The number of rotatable bonds is 42. The summed E-state index contributed by atoms with van der Waals surface area (Å²) < 4.78 is 0. The van der Waals surface area contributed by atoms with Gasteiger partial charge in [-0.3, -0.25) is 52.9 Å². The Hall–Kier alpha value is -9.91.